The molecule has 25 heavy (non-hydrogen) atoms. The Hall–Kier alpha value is -3.34. The van der Waals surface area contributed by atoms with Crippen LogP contribution in [0.3, 0.4) is 0 Å². The summed E-state index contributed by atoms with van der Waals surface area (Å²) in [4.78, 5) is 18.3. The second kappa shape index (κ2) is 7.97. The molecule has 0 saturated carbocycles. The number of amides is 2. The van der Waals surface area contributed by atoms with E-state index in [2.05, 4.69) is 10.3 Å². The van der Waals surface area contributed by atoms with E-state index in [1.54, 1.807) is 18.1 Å². The number of pyridine rings is 1. The van der Waals surface area contributed by atoms with Gasteiger partial charge in [0.25, 0.3) is 0 Å². The minimum atomic E-state index is -0.227. The Morgan fingerprint density at radius 2 is 1.72 bits per heavy atom. The van der Waals surface area contributed by atoms with Crippen molar-refractivity contribution in [2.24, 2.45) is 0 Å². The fourth-order valence-corrected chi connectivity index (χ4v) is 2.29. The Bertz CT molecular complexity index is 823. The number of aromatic nitrogens is 1. The highest BCUT2D eigenvalue weighted by Gasteiger charge is 2.13. The summed E-state index contributed by atoms with van der Waals surface area (Å²) in [5.74, 6) is 1.30. The summed E-state index contributed by atoms with van der Waals surface area (Å²) in [7, 11) is 1.73. The lowest BCUT2D eigenvalue weighted by molar-refractivity contribution is 0.220. The van der Waals surface area contributed by atoms with Crippen LogP contribution in [-0.4, -0.2) is 23.0 Å². The topological polar surface area (TPSA) is 54.5 Å². The Morgan fingerprint density at radius 3 is 2.48 bits per heavy atom. The number of rotatable bonds is 5. The second-order valence-electron chi connectivity index (χ2n) is 5.52. The molecule has 0 bridgehead atoms. The highest BCUT2D eigenvalue weighted by molar-refractivity contribution is 5.90. The van der Waals surface area contributed by atoms with Crippen LogP contribution in [0.25, 0.3) is 0 Å². The molecule has 0 radical (unpaired) electrons. The number of urea groups is 1. The number of para-hydroxylation sites is 3. The maximum Gasteiger partial charge on any atom is 0.322 e. The van der Waals surface area contributed by atoms with Crippen molar-refractivity contribution in [3.8, 4) is 11.5 Å². The molecule has 0 atom stereocenters. The van der Waals surface area contributed by atoms with Gasteiger partial charge in [0.2, 0.25) is 0 Å². The first kappa shape index (κ1) is 16.5. The van der Waals surface area contributed by atoms with Crippen molar-refractivity contribution in [2.45, 2.75) is 6.54 Å². The van der Waals surface area contributed by atoms with Gasteiger partial charge in [0.1, 0.15) is 5.75 Å². The van der Waals surface area contributed by atoms with E-state index in [1.165, 1.54) is 0 Å². The van der Waals surface area contributed by atoms with Crippen LogP contribution in [0.5, 0.6) is 11.5 Å². The molecule has 0 aliphatic heterocycles. The molecule has 5 nitrogen and oxygen atoms in total. The lowest BCUT2D eigenvalue weighted by atomic mass is 10.3. The Labute approximate surface area is 146 Å². The van der Waals surface area contributed by atoms with Crippen molar-refractivity contribution in [2.75, 3.05) is 12.4 Å². The number of benzene rings is 2. The zero-order valence-electron chi connectivity index (χ0n) is 13.9. The maximum absolute atomic E-state index is 12.5. The largest absolute Gasteiger partial charge is 0.455 e. The number of hydrogen-bond acceptors (Lipinski definition) is 3. The SMILES string of the molecule is CN(Cc1ccccn1)C(=O)Nc1ccccc1Oc1ccccc1. The summed E-state index contributed by atoms with van der Waals surface area (Å²) in [6.07, 6.45) is 1.71. The maximum atomic E-state index is 12.5. The third-order valence-electron chi connectivity index (χ3n) is 3.57. The van der Waals surface area contributed by atoms with Gasteiger partial charge in [0.05, 0.1) is 17.9 Å². The molecule has 0 saturated heterocycles. The molecule has 0 aliphatic rings. The highest BCUT2D eigenvalue weighted by atomic mass is 16.5. The van der Waals surface area contributed by atoms with Gasteiger partial charge in [-0.2, -0.15) is 0 Å². The summed E-state index contributed by atoms with van der Waals surface area (Å²) in [6.45, 7) is 0.425. The van der Waals surface area contributed by atoms with Crippen molar-refractivity contribution >= 4 is 11.7 Å². The minimum Gasteiger partial charge on any atom is -0.455 e. The van der Waals surface area contributed by atoms with Crippen LogP contribution < -0.4 is 10.1 Å². The van der Waals surface area contributed by atoms with E-state index in [4.69, 9.17) is 4.74 Å². The lowest BCUT2D eigenvalue weighted by Gasteiger charge is -2.19. The van der Waals surface area contributed by atoms with E-state index in [-0.39, 0.29) is 6.03 Å². The molecule has 1 heterocycles. The number of ether oxygens (including phenoxy) is 1. The van der Waals surface area contributed by atoms with Gasteiger partial charge >= 0.3 is 6.03 Å². The van der Waals surface area contributed by atoms with Crippen LogP contribution in [0.4, 0.5) is 10.5 Å². The predicted molar refractivity (Wildman–Crippen MR) is 97.7 cm³/mol. The summed E-state index contributed by atoms with van der Waals surface area (Å²) < 4.78 is 5.86. The molecular weight excluding hydrogens is 314 g/mol. The van der Waals surface area contributed by atoms with Gasteiger partial charge in [-0.15, -0.1) is 0 Å². The normalized spacial score (nSPS) is 10.1. The van der Waals surface area contributed by atoms with Gasteiger partial charge in [-0.05, 0) is 36.4 Å². The number of carbonyl (C=O) groups is 1. The van der Waals surface area contributed by atoms with Crippen molar-refractivity contribution in [3.63, 3.8) is 0 Å². The van der Waals surface area contributed by atoms with E-state index >= 15 is 0 Å². The smallest absolute Gasteiger partial charge is 0.322 e. The number of nitrogens with one attached hydrogen (secondary N) is 1. The first-order valence-corrected chi connectivity index (χ1v) is 7.96. The van der Waals surface area contributed by atoms with Gasteiger partial charge in [0.15, 0.2) is 5.75 Å². The predicted octanol–water partition coefficient (Wildman–Crippen LogP) is 4.54. The van der Waals surface area contributed by atoms with Gasteiger partial charge in [-0.1, -0.05) is 36.4 Å². The number of hydrogen-bond donors (Lipinski definition) is 1. The van der Waals surface area contributed by atoms with Crippen LogP contribution in [-0.2, 0) is 6.54 Å². The fourth-order valence-electron chi connectivity index (χ4n) is 2.29. The molecule has 1 N–H and O–H groups in total. The molecule has 0 unspecified atom stereocenters. The van der Waals surface area contributed by atoms with E-state index in [0.29, 0.717) is 23.7 Å². The molecule has 1 aromatic heterocycles. The van der Waals surface area contributed by atoms with Crippen LogP contribution in [0, 0.1) is 0 Å². The standard InChI is InChI=1S/C20H19N3O2/c1-23(15-16-9-7-8-14-21-16)20(24)22-18-12-5-6-13-19(18)25-17-10-3-2-4-11-17/h2-14H,15H2,1H3,(H,22,24). The zero-order valence-corrected chi connectivity index (χ0v) is 13.9. The molecule has 0 aliphatic carbocycles. The molecule has 0 spiro atoms. The first-order valence-electron chi connectivity index (χ1n) is 7.96. The van der Waals surface area contributed by atoms with E-state index in [1.807, 2.05) is 72.8 Å². The third kappa shape index (κ3) is 4.57. The Morgan fingerprint density at radius 1 is 1.00 bits per heavy atom. The third-order valence-corrected chi connectivity index (χ3v) is 3.57. The molecule has 3 aromatic rings. The summed E-state index contributed by atoms with van der Waals surface area (Å²) in [5, 5.41) is 2.89. The molecule has 2 aromatic carbocycles. The lowest BCUT2D eigenvalue weighted by Crippen LogP contribution is -2.31. The van der Waals surface area contributed by atoms with Crippen molar-refractivity contribution < 1.29 is 9.53 Å². The van der Waals surface area contributed by atoms with Gasteiger partial charge in [-0.3, -0.25) is 4.98 Å². The minimum absolute atomic E-state index is 0.227. The number of nitrogens with zero attached hydrogens (tertiary/aromatic N) is 2. The van der Waals surface area contributed by atoms with E-state index in [9.17, 15) is 4.79 Å². The van der Waals surface area contributed by atoms with Gasteiger partial charge < -0.3 is 15.0 Å². The van der Waals surface area contributed by atoms with Crippen molar-refractivity contribution in [1.82, 2.24) is 9.88 Å². The van der Waals surface area contributed by atoms with Crippen LogP contribution >= 0.6 is 0 Å². The highest BCUT2D eigenvalue weighted by Crippen LogP contribution is 2.29. The summed E-state index contributed by atoms with van der Waals surface area (Å²) >= 11 is 0. The van der Waals surface area contributed by atoms with Crippen LogP contribution in [0.15, 0.2) is 79.0 Å². The van der Waals surface area contributed by atoms with E-state index in [0.717, 1.165) is 5.69 Å². The average Bonchev–Trinajstić information content (AvgIpc) is 2.65. The average molecular weight is 333 g/mol. The molecule has 3 rings (SSSR count). The molecular formula is C20H19N3O2. The monoisotopic (exact) mass is 333 g/mol. The fraction of sp³-hybridized carbons (Fsp3) is 0.100. The first-order chi connectivity index (χ1) is 12.2. The van der Waals surface area contributed by atoms with Gasteiger partial charge in [0, 0.05) is 13.2 Å². The quantitative estimate of drug-likeness (QED) is 0.746. The van der Waals surface area contributed by atoms with Crippen molar-refractivity contribution in [1.29, 1.82) is 0 Å². The van der Waals surface area contributed by atoms with E-state index < -0.39 is 0 Å². The zero-order chi connectivity index (χ0) is 17.5. The van der Waals surface area contributed by atoms with Gasteiger partial charge in [-0.25, -0.2) is 4.79 Å². The molecule has 2 amide bonds. The van der Waals surface area contributed by atoms with Crippen molar-refractivity contribution in [3.05, 3.63) is 84.7 Å². The Balaban J connectivity index is 1.69. The second-order valence-corrected chi connectivity index (χ2v) is 5.52. The molecule has 5 heteroatoms. The Kier molecular flexibility index (Phi) is 5.26. The molecule has 126 valence electrons. The number of carbonyl (C=O) groups excluding carboxylic acids is 1. The van der Waals surface area contributed by atoms with Crippen LogP contribution in [0.1, 0.15) is 5.69 Å². The summed E-state index contributed by atoms with van der Waals surface area (Å²) in [6, 6.07) is 22.2. The summed E-state index contributed by atoms with van der Waals surface area (Å²) in [5.41, 5.74) is 1.44. The van der Waals surface area contributed by atoms with Crippen LogP contribution in [0.2, 0.25) is 0 Å². The molecule has 0 fully saturated rings. The number of anilines is 1.